The number of nitrogens with zero attached hydrogens (tertiary/aromatic N) is 3. The molecule has 9 heteroatoms. The summed E-state index contributed by atoms with van der Waals surface area (Å²) in [5.41, 5.74) is 2.03. The summed E-state index contributed by atoms with van der Waals surface area (Å²) in [6.45, 7) is 1.88. The van der Waals surface area contributed by atoms with Crippen molar-refractivity contribution in [3.63, 3.8) is 0 Å². The third-order valence-corrected chi connectivity index (χ3v) is 5.25. The van der Waals surface area contributed by atoms with E-state index in [0.717, 1.165) is 11.5 Å². The maximum absolute atomic E-state index is 13.7. The maximum Gasteiger partial charge on any atom is 0.237 e. The van der Waals surface area contributed by atoms with Crippen molar-refractivity contribution in [1.82, 2.24) is 9.97 Å². The minimum absolute atomic E-state index is 0.117. The van der Waals surface area contributed by atoms with Gasteiger partial charge in [-0.2, -0.15) is 4.98 Å². The molecule has 2 aromatic carbocycles. The van der Waals surface area contributed by atoms with Crippen LogP contribution in [0.5, 0.6) is 0 Å². The van der Waals surface area contributed by atoms with Gasteiger partial charge in [0, 0.05) is 42.8 Å². The summed E-state index contributed by atoms with van der Waals surface area (Å²) in [6, 6.07) is 14.3. The van der Waals surface area contributed by atoms with Crippen LogP contribution in [0.15, 0.2) is 54.6 Å². The van der Waals surface area contributed by atoms with E-state index in [-0.39, 0.29) is 5.56 Å². The SMILES string of the molecule is Cc1cc(N(C)C)nc(Nc2ccc(NS(=O)(=O)Cc3ccccc3F)cc2)n1. The van der Waals surface area contributed by atoms with Crippen LogP contribution in [-0.2, 0) is 15.8 Å². The van der Waals surface area contributed by atoms with Gasteiger partial charge in [0.1, 0.15) is 11.6 Å². The quantitative estimate of drug-likeness (QED) is 0.612. The highest BCUT2D eigenvalue weighted by atomic mass is 32.2. The molecular formula is C20H22FN5O2S. The fourth-order valence-electron chi connectivity index (χ4n) is 2.62. The zero-order valence-electron chi connectivity index (χ0n) is 16.3. The molecule has 29 heavy (non-hydrogen) atoms. The summed E-state index contributed by atoms with van der Waals surface area (Å²) in [7, 11) is 0.0499. The lowest BCUT2D eigenvalue weighted by Gasteiger charge is -2.14. The fourth-order valence-corrected chi connectivity index (χ4v) is 3.83. The Morgan fingerprint density at radius 3 is 2.31 bits per heavy atom. The number of anilines is 4. The van der Waals surface area contributed by atoms with Crippen molar-refractivity contribution >= 4 is 33.2 Å². The van der Waals surface area contributed by atoms with Crippen molar-refractivity contribution in [2.24, 2.45) is 0 Å². The molecule has 3 rings (SSSR count). The Bertz CT molecular complexity index is 1100. The number of nitrogens with one attached hydrogen (secondary N) is 2. The normalized spacial score (nSPS) is 11.2. The van der Waals surface area contributed by atoms with Gasteiger partial charge in [0.25, 0.3) is 0 Å². The van der Waals surface area contributed by atoms with Crippen LogP contribution in [0, 0.1) is 12.7 Å². The minimum Gasteiger partial charge on any atom is -0.363 e. The van der Waals surface area contributed by atoms with E-state index in [9.17, 15) is 12.8 Å². The number of benzene rings is 2. The number of halogens is 1. The van der Waals surface area contributed by atoms with Gasteiger partial charge in [-0.05, 0) is 37.3 Å². The molecule has 1 heterocycles. The van der Waals surface area contributed by atoms with Crippen LogP contribution in [0.4, 0.5) is 27.5 Å². The van der Waals surface area contributed by atoms with Crippen LogP contribution >= 0.6 is 0 Å². The predicted molar refractivity (Wildman–Crippen MR) is 113 cm³/mol. The molecule has 0 bridgehead atoms. The van der Waals surface area contributed by atoms with E-state index < -0.39 is 21.6 Å². The van der Waals surface area contributed by atoms with Crippen molar-refractivity contribution in [2.75, 3.05) is 29.0 Å². The number of aryl methyl sites for hydroxylation is 1. The van der Waals surface area contributed by atoms with E-state index in [4.69, 9.17) is 0 Å². The molecule has 2 N–H and O–H groups in total. The molecule has 0 amide bonds. The van der Waals surface area contributed by atoms with E-state index >= 15 is 0 Å². The van der Waals surface area contributed by atoms with Crippen LogP contribution in [-0.4, -0.2) is 32.5 Å². The van der Waals surface area contributed by atoms with Gasteiger partial charge in [0.2, 0.25) is 16.0 Å². The topological polar surface area (TPSA) is 87.2 Å². The zero-order chi connectivity index (χ0) is 21.0. The van der Waals surface area contributed by atoms with E-state index in [1.54, 1.807) is 30.3 Å². The van der Waals surface area contributed by atoms with Crippen molar-refractivity contribution in [3.05, 3.63) is 71.7 Å². The van der Waals surface area contributed by atoms with Gasteiger partial charge in [0.05, 0.1) is 5.75 Å². The molecule has 3 aromatic rings. The van der Waals surface area contributed by atoms with Gasteiger partial charge in [0.15, 0.2) is 0 Å². The Hall–Kier alpha value is -3.20. The Kier molecular flexibility index (Phi) is 5.97. The number of hydrogen-bond acceptors (Lipinski definition) is 6. The van der Waals surface area contributed by atoms with Gasteiger partial charge in [-0.3, -0.25) is 4.72 Å². The summed E-state index contributed by atoms with van der Waals surface area (Å²) in [5.74, 6) is 0.233. The largest absolute Gasteiger partial charge is 0.363 e. The highest BCUT2D eigenvalue weighted by Gasteiger charge is 2.14. The molecule has 0 unspecified atom stereocenters. The Morgan fingerprint density at radius 1 is 1.00 bits per heavy atom. The van der Waals surface area contributed by atoms with Gasteiger partial charge < -0.3 is 10.2 Å². The molecule has 0 fully saturated rings. The number of aromatic nitrogens is 2. The summed E-state index contributed by atoms with van der Waals surface area (Å²) in [4.78, 5) is 10.7. The number of sulfonamides is 1. The van der Waals surface area contributed by atoms with Crippen molar-refractivity contribution in [3.8, 4) is 0 Å². The third-order valence-electron chi connectivity index (χ3n) is 4.02. The molecule has 0 aliphatic carbocycles. The molecule has 0 aliphatic rings. The first-order valence-electron chi connectivity index (χ1n) is 8.86. The molecular weight excluding hydrogens is 393 g/mol. The zero-order valence-corrected chi connectivity index (χ0v) is 17.2. The van der Waals surface area contributed by atoms with Gasteiger partial charge in [-0.1, -0.05) is 18.2 Å². The molecule has 7 nitrogen and oxygen atoms in total. The first-order chi connectivity index (χ1) is 13.7. The second-order valence-corrected chi connectivity index (χ2v) is 8.46. The monoisotopic (exact) mass is 415 g/mol. The second kappa shape index (κ2) is 8.44. The van der Waals surface area contributed by atoms with Crippen molar-refractivity contribution in [1.29, 1.82) is 0 Å². The first kappa shape index (κ1) is 20.5. The Morgan fingerprint density at radius 2 is 1.66 bits per heavy atom. The van der Waals surface area contributed by atoms with E-state index in [2.05, 4.69) is 20.0 Å². The number of rotatable bonds is 7. The van der Waals surface area contributed by atoms with Crippen LogP contribution in [0.1, 0.15) is 11.3 Å². The van der Waals surface area contributed by atoms with Crippen LogP contribution in [0.3, 0.4) is 0 Å². The summed E-state index contributed by atoms with van der Waals surface area (Å²) in [5, 5.41) is 3.10. The summed E-state index contributed by atoms with van der Waals surface area (Å²) >= 11 is 0. The Labute approximate surface area is 169 Å². The molecule has 1 aromatic heterocycles. The average Bonchev–Trinajstić information content (AvgIpc) is 2.64. The number of hydrogen-bond donors (Lipinski definition) is 2. The minimum atomic E-state index is -3.74. The van der Waals surface area contributed by atoms with E-state index in [0.29, 0.717) is 17.3 Å². The van der Waals surface area contributed by atoms with E-state index in [1.807, 2.05) is 32.0 Å². The van der Waals surface area contributed by atoms with Crippen LogP contribution in [0.2, 0.25) is 0 Å². The standard InChI is InChI=1S/C20H22FN5O2S/c1-14-12-19(26(2)3)24-20(22-14)23-16-8-10-17(11-9-16)25-29(27,28)13-15-6-4-5-7-18(15)21/h4-12,25H,13H2,1-3H3,(H,22,23,24). The van der Waals surface area contributed by atoms with E-state index in [1.165, 1.54) is 18.2 Å². The van der Waals surface area contributed by atoms with Crippen molar-refractivity contribution < 1.29 is 12.8 Å². The lowest BCUT2D eigenvalue weighted by Crippen LogP contribution is -2.15. The summed E-state index contributed by atoms with van der Waals surface area (Å²) < 4.78 is 40.8. The van der Waals surface area contributed by atoms with Crippen LogP contribution in [0.25, 0.3) is 0 Å². The van der Waals surface area contributed by atoms with Gasteiger partial charge in [-0.25, -0.2) is 17.8 Å². The molecule has 0 spiro atoms. The molecule has 0 saturated heterocycles. The maximum atomic E-state index is 13.7. The smallest absolute Gasteiger partial charge is 0.237 e. The molecule has 0 atom stereocenters. The van der Waals surface area contributed by atoms with Crippen molar-refractivity contribution in [2.45, 2.75) is 12.7 Å². The predicted octanol–water partition coefficient (Wildman–Crippen LogP) is 3.68. The second-order valence-electron chi connectivity index (χ2n) is 6.74. The summed E-state index contributed by atoms with van der Waals surface area (Å²) in [6.07, 6.45) is 0. The molecule has 152 valence electrons. The van der Waals surface area contributed by atoms with Crippen LogP contribution < -0.4 is 14.9 Å². The van der Waals surface area contributed by atoms with Gasteiger partial charge >= 0.3 is 0 Å². The fraction of sp³-hybridized carbons (Fsp3) is 0.200. The molecule has 0 saturated carbocycles. The highest BCUT2D eigenvalue weighted by molar-refractivity contribution is 7.91. The Balaban J connectivity index is 1.70. The molecule has 0 radical (unpaired) electrons. The lowest BCUT2D eigenvalue weighted by atomic mass is 10.2. The third kappa shape index (κ3) is 5.64. The lowest BCUT2D eigenvalue weighted by molar-refractivity contribution is 0.591. The average molecular weight is 415 g/mol. The molecule has 0 aliphatic heterocycles. The highest BCUT2D eigenvalue weighted by Crippen LogP contribution is 2.20. The van der Waals surface area contributed by atoms with Gasteiger partial charge in [-0.15, -0.1) is 0 Å². The first-order valence-corrected chi connectivity index (χ1v) is 10.5.